The first-order valence-corrected chi connectivity index (χ1v) is 8.81. The Balaban J connectivity index is 2.25. The van der Waals surface area contributed by atoms with E-state index in [9.17, 15) is 0 Å². The molecule has 0 bridgehead atoms. The van der Waals surface area contributed by atoms with Gasteiger partial charge in [0.25, 0.3) is 0 Å². The molecule has 0 aromatic heterocycles. The zero-order chi connectivity index (χ0) is 15.3. The fourth-order valence-electron chi connectivity index (χ4n) is 2.79. The molecule has 1 aromatic carbocycles. The van der Waals surface area contributed by atoms with Crippen molar-refractivity contribution in [2.45, 2.75) is 71.9 Å². The van der Waals surface area contributed by atoms with Gasteiger partial charge in [-0.3, -0.25) is 4.90 Å². The highest BCUT2D eigenvalue weighted by Crippen LogP contribution is 2.13. The zero-order valence-electron chi connectivity index (χ0n) is 14.1. The summed E-state index contributed by atoms with van der Waals surface area (Å²) < 4.78 is 0. The predicted octanol–water partition coefficient (Wildman–Crippen LogP) is 4.72. The number of benzene rings is 1. The largest absolute Gasteiger partial charge is 0.326 e. The SMILES string of the molecule is CCCCCCCCCN(CC)Cc1ccccc1CN. The second kappa shape index (κ2) is 11.8. The van der Waals surface area contributed by atoms with E-state index >= 15 is 0 Å². The van der Waals surface area contributed by atoms with E-state index in [0.29, 0.717) is 6.54 Å². The van der Waals surface area contributed by atoms with Crippen molar-refractivity contribution >= 4 is 0 Å². The molecule has 0 amide bonds. The van der Waals surface area contributed by atoms with E-state index in [2.05, 4.69) is 43.0 Å². The van der Waals surface area contributed by atoms with Crippen LogP contribution in [-0.4, -0.2) is 18.0 Å². The molecule has 0 fully saturated rings. The number of rotatable bonds is 12. The average molecular weight is 290 g/mol. The Kier molecular flexibility index (Phi) is 10.2. The van der Waals surface area contributed by atoms with Gasteiger partial charge < -0.3 is 5.73 Å². The topological polar surface area (TPSA) is 29.3 Å². The first-order valence-electron chi connectivity index (χ1n) is 8.81. The van der Waals surface area contributed by atoms with Crippen LogP contribution in [0, 0.1) is 0 Å². The van der Waals surface area contributed by atoms with E-state index in [4.69, 9.17) is 5.73 Å². The van der Waals surface area contributed by atoms with Crippen LogP contribution in [0.1, 0.15) is 69.9 Å². The Morgan fingerprint density at radius 2 is 1.48 bits per heavy atom. The highest BCUT2D eigenvalue weighted by molar-refractivity contribution is 5.26. The predicted molar refractivity (Wildman–Crippen MR) is 93.3 cm³/mol. The summed E-state index contributed by atoms with van der Waals surface area (Å²) in [6, 6.07) is 8.57. The third kappa shape index (κ3) is 7.63. The number of hydrogen-bond acceptors (Lipinski definition) is 2. The molecule has 0 saturated heterocycles. The third-order valence-corrected chi connectivity index (χ3v) is 4.26. The van der Waals surface area contributed by atoms with Gasteiger partial charge in [-0.25, -0.2) is 0 Å². The summed E-state index contributed by atoms with van der Waals surface area (Å²) in [6.45, 7) is 8.55. The molecule has 0 saturated carbocycles. The third-order valence-electron chi connectivity index (χ3n) is 4.26. The average Bonchev–Trinajstić information content (AvgIpc) is 2.53. The molecule has 120 valence electrons. The highest BCUT2D eigenvalue weighted by atomic mass is 15.1. The van der Waals surface area contributed by atoms with Crippen LogP contribution < -0.4 is 5.73 Å². The van der Waals surface area contributed by atoms with Crippen molar-refractivity contribution in [1.82, 2.24) is 4.90 Å². The lowest BCUT2D eigenvalue weighted by molar-refractivity contribution is 0.271. The van der Waals surface area contributed by atoms with Crippen molar-refractivity contribution < 1.29 is 0 Å². The zero-order valence-corrected chi connectivity index (χ0v) is 14.1. The van der Waals surface area contributed by atoms with Gasteiger partial charge in [-0.15, -0.1) is 0 Å². The van der Waals surface area contributed by atoms with Gasteiger partial charge in [0.2, 0.25) is 0 Å². The second-order valence-corrected chi connectivity index (χ2v) is 5.96. The van der Waals surface area contributed by atoms with E-state index in [1.165, 1.54) is 62.6 Å². The summed E-state index contributed by atoms with van der Waals surface area (Å²) in [5.41, 5.74) is 8.51. The standard InChI is InChI=1S/C19H34N2/c1-3-5-6-7-8-9-12-15-21(4-2)17-19-14-11-10-13-18(19)16-20/h10-11,13-14H,3-9,12,15-17,20H2,1-2H3. The van der Waals surface area contributed by atoms with Crippen molar-refractivity contribution in [3.05, 3.63) is 35.4 Å². The Bertz CT molecular complexity index is 362. The first-order chi connectivity index (χ1) is 10.3. The molecule has 0 spiro atoms. The summed E-state index contributed by atoms with van der Waals surface area (Å²) in [4.78, 5) is 2.54. The van der Waals surface area contributed by atoms with Crippen LogP contribution in [-0.2, 0) is 13.1 Å². The lowest BCUT2D eigenvalue weighted by Gasteiger charge is -2.21. The molecule has 0 aliphatic carbocycles. The smallest absolute Gasteiger partial charge is 0.0236 e. The number of nitrogens with two attached hydrogens (primary N) is 1. The molecule has 2 heteroatoms. The second-order valence-electron chi connectivity index (χ2n) is 5.96. The Labute approximate surface area is 131 Å². The molecular weight excluding hydrogens is 256 g/mol. The molecule has 2 N–H and O–H groups in total. The maximum Gasteiger partial charge on any atom is 0.0236 e. The number of hydrogen-bond donors (Lipinski definition) is 1. The van der Waals surface area contributed by atoms with Crippen LogP contribution in [0.25, 0.3) is 0 Å². The van der Waals surface area contributed by atoms with Crippen LogP contribution >= 0.6 is 0 Å². The van der Waals surface area contributed by atoms with Gasteiger partial charge in [0.1, 0.15) is 0 Å². The van der Waals surface area contributed by atoms with E-state index in [1.54, 1.807) is 0 Å². The van der Waals surface area contributed by atoms with Gasteiger partial charge in [-0.1, -0.05) is 76.6 Å². The van der Waals surface area contributed by atoms with Gasteiger partial charge in [-0.05, 0) is 30.6 Å². The summed E-state index contributed by atoms with van der Waals surface area (Å²) in [5, 5.41) is 0. The molecule has 0 heterocycles. The van der Waals surface area contributed by atoms with Gasteiger partial charge in [0, 0.05) is 13.1 Å². The molecule has 0 radical (unpaired) electrons. The Morgan fingerprint density at radius 3 is 2.10 bits per heavy atom. The fraction of sp³-hybridized carbons (Fsp3) is 0.684. The monoisotopic (exact) mass is 290 g/mol. The summed E-state index contributed by atoms with van der Waals surface area (Å²) >= 11 is 0. The first kappa shape index (κ1) is 18.2. The van der Waals surface area contributed by atoms with Crippen LogP contribution in [0.3, 0.4) is 0 Å². The van der Waals surface area contributed by atoms with Gasteiger partial charge in [0.15, 0.2) is 0 Å². The molecule has 1 aromatic rings. The van der Waals surface area contributed by atoms with E-state index in [-0.39, 0.29) is 0 Å². The summed E-state index contributed by atoms with van der Waals surface area (Å²) in [5.74, 6) is 0. The van der Waals surface area contributed by atoms with Crippen LogP contribution in [0.2, 0.25) is 0 Å². The number of unbranched alkanes of at least 4 members (excludes halogenated alkanes) is 6. The fourth-order valence-corrected chi connectivity index (χ4v) is 2.79. The van der Waals surface area contributed by atoms with Crippen molar-refractivity contribution in [2.24, 2.45) is 5.73 Å². The molecule has 0 aliphatic heterocycles. The van der Waals surface area contributed by atoms with Crippen LogP contribution in [0.4, 0.5) is 0 Å². The normalized spacial score (nSPS) is 11.2. The maximum atomic E-state index is 5.83. The lowest BCUT2D eigenvalue weighted by atomic mass is 10.1. The van der Waals surface area contributed by atoms with Crippen molar-refractivity contribution in [2.75, 3.05) is 13.1 Å². The minimum Gasteiger partial charge on any atom is -0.326 e. The summed E-state index contributed by atoms with van der Waals surface area (Å²) in [6.07, 6.45) is 9.66. The molecule has 2 nitrogen and oxygen atoms in total. The molecule has 21 heavy (non-hydrogen) atoms. The van der Waals surface area contributed by atoms with E-state index in [0.717, 1.165) is 13.1 Å². The number of nitrogens with zero attached hydrogens (tertiary/aromatic N) is 1. The minimum absolute atomic E-state index is 0.644. The van der Waals surface area contributed by atoms with E-state index in [1.807, 2.05) is 0 Å². The van der Waals surface area contributed by atoms with Gasteiger partial charge >= 0.3 is 0 Å². The van der Waals surface area contributed by atoms with Crippen molar-refractivity contribution in [3.63, 3.8) is 0 Å². The van der Waals surface area contributed by atoms with Gasteiger partial charge in [0.05, 0.1) is 0 Å². The highest BCUT2D eigenvalue weighted by Gasteiger charge is 2.06. The summed E-state index contributed by atoms with van der Waals surface area (Å²) in [7, 11) is 0. The molecule has 1 rings (SSSR count). The Morgan fingerprint density at radius 1 is 0.857 bits per heavy atom. The molecule has 0 aliphatic rings. The maximum absolute atomic E-state index is 5.83. The van der Waals surface area contributed by atoms with E-state index < -0.39 is 0 Å². The van der Waals surface area contributed by atoms with Gasteiger partial charge in [-0.2, -0.15) is 0 Å². The van der Waals surface area contributed by atoms with Crippen molar-refractivity contribution in [3.8, 4) is 0 Å². The quantitative estimate of drug-likeness (QED) is 0.564. The molecule has 0 unspecified atom stereocenters. The minimum atomic E-state index is 0.644. The molecule has 0 atom stereocenters. The molecular formula is C19H34N2. The van der Waals surface area contributed by atoms with Crippen LogP contribution in [0.5, 0.6) is 0 Å². The lowest BCUT2D eigenvalue weighted by Crippen LogP contribution is -2.25. The van der Waals surface area contributed by atoms with Crippen molar-refractivity contribution in [1.29, 1.82) is 0 Å². The Hall–Kier alpha value is -0.860. The van der Waals surface area contributed by atoms with Crippen LogP contribution in [0.15, 0.2) is 24.3 Å².